The predicted molar refractivity (Wildman–Crippen MR) is 88.4 cm³/mol. The summed E-state index contributed by atoms with van der Waals surface area (Å²) >= 11 is 0. The summed E-state index contributed by atoms with van der Waals surface area (Å²) < 4.78 is 10.2. The van der Waals surface area contributed by atoms with Gasteiger partial charge in [0.2, 0.25) is 23.1 Å². The number of Topliss-reactive ketones (excluding diaryl/α,β-unsaturated/α-hetero) is 2. The van der Waals surface area contributed by atoms with Crippen molar-refractivity contribution in [3.05, 3.63) is 71.8 Å². The van der Waals surface area contributed by atoms with E-state index in [0.29, 0.717) is 0 Å². The predicted octanol–water partition coefficient (Wildman–Crippen LogP) is 2.41. The third-order valence-electron chi connectivity index (χ3n) is 4.15. The Balaban J connectivity index is 2.15. The highest BCUT2D eigenvalue weighted by Gasteiger charge is 2.83. The molecule has 124 valence electrons. The highest BCUT2D eigenvalue weighted by atomic mass is 16.7. The van der Waals surface area contributed by atoms with Gasteiger partial charge in [0.25, 0.3) is 5.60 Å². The molecule has 0 bridgehead atoms. The highest BCUT2D eigenvalue weighted by Crippen LogP contribution is 2.52. The molecular weight excluding hydrogens is 320 g/mol. The van der Waals surface area contributed by atoms with Gasteiger partial charge in [0, 0.05) is 11.1 Å². The van der Waals surface area contributed by atoms with Crippen LogP contribution in [0.25, 0.3) is 0 Å². The molecule has 0 unspecified atom stereocenters. The van der Waals surface area contributed by atoms with E-state index in [0.717, 1.165) is 0 Å². The Kier molecular flexibility index (Phi) is 3.95. The number of epoxide rings is 1. The van der Waals surface area contributed by atoms with Crippen LogP contribution in [0.15, 0.2) is 60.7 Å². The maximum Gasteiger partial charge on any atom is 0.275 e. The summed E-state index contributed by atoms with van der Waals surface area (Å²) in [4.78, 5) is 26.2. The number of hydrogen-bond acceptors (Lipinski definition) is 6. The minimum absolute atomic E-state index is 0.216. The zero-order valence-corrected chi connectivity index (χ0v) is 13.4. The fraction of sp³-hybridized carbons (Fsp3) is 0.158. The Morgan fingerprint density at radius 1 is 1.00 bits per heavy atom. The van der Waals surface area contributed by atoms with E-state index in [4.69, 9.17) is 14.9 Å². The Labute approximate surface area is 144 Å². The Morgan fingerprint density at radius 3 is 1.80 bits per heavy atom. The maximum absolute atomic E-state index is 13.1. The average molecular weight is 334 g/mol. The number of benzene rings is 2. The lowest BCUT2D eigenvalue weighted by molar-refractivity contribution is 0.0752. The van der Waals surface area contributed by atoms with Crippen molar-refractivity contribution in [3.63, 3.8) is 0 Å². The molecule has 2 aromatic rings. The molecule has 25 heavy (non-hydrogen) atoms. The zero-order valence-electron chi connectivity index (χ0n) is 13.4. The van der Waals surface area contributed by atoms with Crippen LogP contribution in [0, 0.1) is 16.7 Å². The molecule has 1 aliphatic rings. The molecule has 6 nitrogen and oxygen atoms in total. The van der Waals surface area contributed by atoms with Crippen molar-refractivity contribution in [1.29, 1.82) is 10.7 Å². The summed E-state index contributed by atoms with van der Waals surface area (Å²) in [7, 11) is 1.19. The lowest BCUT2D eigenvalue weighted by Crippen LogP contribution is -2.45. The van der Waals surface area contributed by atoms with E-state index in [9.17, 15) is 14.9 Å². The number of nitrogens with one attached hydrogen (secondary N) is 1. The Hall–Kier alpha value is -3.30. The standard InChI is InChI=1S/C19H14N2O4/c1-24-17(21)18(12-20)19(25-18,15(22)13-8-4-2-5-9-13)16(23)14-10-6-3-7-11-14/h2-11,21H,1H3/t18-/m1/s1. The van der Waals surface area contributed by atoms with Crippen LogP contribution in [0.1, 0.15) is 20.7 Å². The molecule has 0 aliphatic carbocycles. The monoisotopic (exact) mass is 334 g/mol. The first-order chi connectivity index (χ1) is 12.0. The van der Waals surface area contributed by atoms with E-state index >= 15 is 0 Å². The number of ketones is 2. The molecule has 0 aromatic heterocycles. The second kappa shape index (κ2) is 5.96. The van der Waals surface area contributed by atoms with Crippen molar-refractivity contribution in [2.24, 2.45) is 0 Å². The molecule has 1 N–H and O–H groups in total. The summed E-state index contributed by atoms with van der Waals surface area (Å²) in [6.07, 6.45) is 0. The second-order valence-electron chi connectivity index (χ2n) is 5.50. The minimum Gasteiger partial charge on any atom is -0.481 e. The number of ether oxygens (including phenoxy) is 2. The molecule has 1 heterocycles. The number of nitriles is 1. The second-order valence-corrected chi connectivity index (χ2v) is 5.50. The van der Waals surface area contributed by atoms with E-state index in [-0.39, 0.29) is 11.1 Å². The van der Waals surface area contributed by atoms with Gasteiger partial charge in [-0.1, -0.05) is 60.7 Å². The molecule has 6 heteroatoms. The van der Waals surface area contributed by atoms with Crippen molar-refractivity contribution in [2.45, 2.75) is 11.2 Å². The molecule has 2 aromatic carbocycles. The molecular formula is C19H14N2O4. The zero-order chi connectivity index (χ0) is 18.1. The first-order valence-corrected chi connectivity index (χ1v) is 7.47. The van der Waals surface area contributed by atoms with Gasteiger partial charge in [0.15, 0.2) is 0 Å². The number of carbonyl (C=O) groups excluding carboxylic acids is 2. The van der Waals surface area contributed by atoms with E-state index in [1.165, 1.54) is 31.4 Å². The first-order valence-electron chi connectivity index (χ1n) is 7.47. The first kappa shape index (κ1) is 16.6. The molecule has 0 amide bonds. The number of methoxy groups -OCH3 is 1. The number of carbonyl (C=O) groups is 2. The maximum atomic E-state index is 13.1. The van der Waals surface area contributed by atoms with Gasteiger partial charge in [0.05, 0.1) is 7.11 Å². The highest BCUT2D eigenvalue weighted by molar-refractivity contribution is 6.30. The molecule has 1 atom stereocenters. The third kappa shape index (κ3) is 2.25. The number of rotatable bonds is 5. The average Bonchev–Trinajstić information content (AvgIpc) is 3.39. The minimum atomic E-state index is -2.13. The molecule has 1 saturated heterocycles. The van der Waals surface area contributed by atoms with Crippen molar-refractivity contribution in [2.75, 3.05) is 7.11 Å². The SMILES string of the molecule is COC(=N)[C@@]1(C#N)OC1(C(=O)c1ccccc1)C(=O)c1ccccc1. The van der Waals surface area contributed by atoms with Crippen LogP contribution < -0.4 is 0 Å². The van der Waals surface area contributed by atoms with Crippen LogP contribution in [0.4, 0.5) is 0 Å². The Morgan fingerprint density at radius 2 is 1.44 bits per heavy atom. The van der Waals surface area contributed by atoms with Gasteiger partial charge >= 0.3 is 0 Å². The summed E-state index contributed by atoms with van der Waals surface area (Å²) in [6.45, 7) is 0. The summed E-state index contributed by atoms with van der Waals surface area (Å²) in [5.74, 6) is -1.93. The van der Waals surface area contributed by atoms with Crippen LogP contribution in [-0.2, 0) is 9.47 Å². The lowest BCUT2D eigenvalue weighted by Gasteiger charge is -2.14. The fourth-order valence-corrected chi connectivity index (χ4v) is 2.81. The van der Waals surface area contributed by atoms with Gasteiger partial charge in [-0.2, -0.15) is 5.26 Å². The lowest BCUT2D eigenvalue weighted by atomic mass is 9.80. The smallest absolute Gasteiger partial charge is 0.275 e. The molecule has 1 fully saturated rings. The molecule has 0 spiro atoms. The number of nitrogens with zero attached hydrogens (tertiary/aromatic N) is 1. The summed E-state index contributed by atoms with van der Waals surface area (Å²) in [5, 5.41) is 17.5. The van der Waals surface area contributed by atoms with Crippen LogP contribution in [0.5, 0.6) is 0 Å². The summed E-state index contributed by atoms with van der Waals surface area (Å²) in [5.41, 5.74) is -3.76. The Bertz CT molecular complexity index is 835. The van der Waals surface area contributed by atoms with Gasteiger partial charge in [-0.15, -0.1) is 0 Å². The van der Waals surface area contributed by atoms with Gasteiger partial charge in [-0.3, -0.25) is 15.0 Å². The van der Waals surface area contributed by atoms with Crippen LogP contribution in [-0.4, -0.2) is 35.8 Å². The number of hydrogen-bond donors (Lipinski definition) is 1. The van der Waals surface area contributed by atoms with Crippen molar-refractivity contribution >= 4 is 17.5 Å². The van der Waals surface area contributed by atoms with Crippen LogP contribution in [0.2, 0.25) is 0 Å². The normalized spacial score (nSPS) is 20.2. The van der Waals surface area contributed by atoms with Crippen molar-refractivity contribution in [3.8, 4) is 6.07 Å². The topological polar surface area (TPSA) is 104 Å². The third-order valence-corrected chi connectivity index (χ3v) is 4.15. The van der Waals surface area contributed by atoms with Gasteiger partial charge in [-0.25, -0.2) is 0 Å². The van der Waals surface area contributed by atoms with E-state index < -0.39 is 28.7 Å². The van der Waals surface area contributed by atoms with E-state index in [1.807, 2.05) is 0 Å². The van der Waals surface area contributed by atoms with E-state index in [2.05, 4.69) is 0 Å². The van der Waals surface area contributed by atoms with Crippen molar-refractivity contribution < 1.29 is 19.1 Å². The van der Waals surface area contributed by atoms with Crippen LogP contribution in [0.3, 0.4) is 0 Å². The van der Waals surface area contributed by atoms with Crippen LogP contribution >= 0.6 is 0 Å². The molecule has 1 aliphatic heterocycles. The van der Waals surface area contributed by atoms with Gasteiger partial charge in [-0.05, 0) is 0 Å². The van der Waals surface area contributed by atoms with E-state index in [1.54, 1.807) is 42.5 Å². The molecule has 3 rings (SSSR count). The molecule has 0 radical (unpaired) electrons. The molecule has 0 saturated carbocycles. The van der Waals surface area contributed by atoms with Gasteiger partial charge < -0.3 is 9.47 Å². The summed E-state index contributed by atoms with van der Waals surface area (Å²) in [6, 6.07) is 17.9. The fourth-order valence-electron chi connectivity index (χ4n) is 2.81. The quantitative estimate of drug-likeness (QED) is 0.297. The van der Waals surface area contributed by atoms with Gasteiger partial charge in [0.1, 0.15) is 6.07 Å². The van der Waals surface area contributed by atoms with Crippen molar-refractivity contribution in [1.82, 2.24) is 0 Å². The largest absolute Gasteiger partial charge is 0.481 e.